The van der Waals surface area contributed by atoms with Crippen molar-refractivity contribution in [3.05, 3.63) is 70.9 Å². The van der Waals surface area contributed by atoms with E-state index in [1.807, 2.05) is 18.2 Å². The van der Waals surface area contributed by atoms with Crippen molar-refractivity contribution in [1.29, 1.82) is 0 Å². The summed E-state index contributed by atoms with van der Waals surface area (Å²) in [5, 5.41) is 3.06. The number of halogens is 2. The van der Waals surface area contributed by atoms with E-state index in [-0.39, 0.29) is 5.69 Å². The maximum atomic E-state index is 13.2. The first-order chi connectivity index (χ1) is 13.5. The third-order valence-corrected chi connectivity index (χ3v) is 4.66. The first kappa shape index (κ1) is 18.0. The number of aryl methyl sites for hydroxylation is 1. The number of ether oxygens (including phenoxy) is 1. The zero-order chi connectivity index (χ0) is 19.7. The fourth-order valence-electron chi connectivity index (χ4n) is 3.42. The van der Waals surface area contributed by atoms with Crippen molar-refractivity contribution in [3.63, 3.8) is 0 Å². The second-order valence-corrected chi connectivity index (χ2v) is 6.54. The molecule has 1 amide bonds. The van der Waals surface area contributed by atoms with Crippen molar-refractivity contribution in [2.75, 3.05) is 11.9 Å². The molecule has 0 saturated heterocycles. The van der Waals surface area contributed by atoms with Gasteiger partial charge in [0.15, 0.2) is 18.2 Å². The van der Waals surface area contributed by atoms with E-state index in [9.17, 15) is 18.4 Å². The van der Waals surface area contributed by atoms with Gasteiger partial charge in [-0.2, -0.15) is 0 Å². The number of nitrogens with zero attached hydrogens (tertiary/aromatic N) is 1. The largest absolute Gasteiger partial charge is 0.452 e. The zero-order valence-corrected chi connectivity index (χ0v) is 14.8. The van der Waals surface area contributed by atoms with Crippen LogP contribution < -0.4 is 5.32 Å². The van der Waals surface area contributed by atoms with Crippen molar-refractivity contribution in [1.82, 2.24) is 4.98 Å². The minimum atomic E-state index is -1.08. The monoisotopic (exact) mass is 382 g/mol. The van der Waals surface area contributed by atoms with E-state index < -0.39 is 30.1 Å². The van der Waals surface area contributed by atoms with Crippen LogP contribution >= 0.6 is 0 Å². The highest BCUT2D eigenvalue weighted by atomic mass is 19.2. The molecule has 1 heterocycles. The second-order valence-electron chi connectivity index (χ2n) is 6.54. The van der Waals surface area contributed by atoms with E-state index in [0.717, 1.165) is 42.7 Å². The number of hydrogen-bond donors (Lipinski definition) is 1. The molecule has 5 nitrogen and oxygen atoms in total. The number of pyridine rings is 1. The van der Waals surface area contributed by atoms with Crippen LogP contribution in [0.5, 0.6) is 0 Å². The van der Waals surface area contributed by atoms with Crippen LogP contribution in [0.4, 0.5) is 14.5 Å². The third-order valence-electron chi connectivity index (χ3n) is 4.66. The molecule has 0 unspecified atom stereocenters. The summed E-state index contributed by atoms with van der Waals surface area (Å²) in [7, 11) is 0. The molecular formula is C21H16F2N2O3. The SMILES string of the molecule is O=C(COC(=O)c1c2c(nc3ccccc13)CCC2)Nc1ccc(F)c(F)c1. The topological polar surface area (TPSA) is 68.3 Å². The summed E-state index contributed by atoms with van der Waals surface area (Å²) in [6.45, 7) is -0.538. The highest BCUT2D eigenvalue weighted by Gasteiger charge is 2.25. The predicted octanol–water partition coefficient (Wildman–Crippen LogP) is 3.80. The Bertz CT molecular complexity index is 1100. The molecule has 0 bridgehead atoms. The molecular weight excluding hydrogens is 366 g/mol. The van der Waals surface area contributed by atoms with Gasteiger partial charge in [-0.15, -0.1) is 0 Å². The molecule has 0 atom stereocenters. The first-order valence-electron chi connectivity index (χ1n) is 8.85. The van der Waals surface area contributed by atoms with Crippen molar-refractivity contribution in [2.45, 2.75) is 19.3 Å². The van der Waals surface area contributed by atoms with Crippen molar-refractivity contribution >= 4 is 28.5 Å². The molecule has 3 aromatic rings. The van der Waals surface area contributed by atoms with E-state index in [0.29, 0.717) is 16.5 Å². The Labute approximate surface area is 159 Å². The van der Waals surface area contributed by atoms with Gasteiger partial charge in [-0.25, -0.2) is 13.6 Å². The molecule has 7 heteroatoms. The van der Waals surface area contributed by atoms with Crippen LogP contribution in [0.25, 0.3) is 10.9 Å². The molecule has 4 rings (SSSR count). The van der Waals surface area contributed by atoms with E-state index in [4.69, 9.17) is 4.74 Å². The molecule has 1 aromatic heterocycles. The van der Waals surface area contributed by atoms with Gasteiger partial charge in [-0.3, -0.25) is 9.78 Å². The average Bonchev–Trinajstić information content (AvgIpc) is 3.15. The number of carbonyl (C=O) groups is 2. The lowest BCUT2D eigenvalue weighted by molar-refractivity contribution is -0.119. The summed E-state index contributed by atoms with van der Waals surface area (Å²) in [6, 6.07) is 10.3. The third kappa shape index (κ3) is 3.43. The smallest absolute Gasteiger partial charge is 0.339 e. The van der Waals surface area contributed by atoms with Crippen LogP contribution in [0.1, 0.15) is 28.0 Å². The summed E-state index contributed by atoms with van der Waals surface area (Å²) in [5.74, 6) is -3.33. The minimum Gasteiger partial charge on any atom is -0.452 e. The molecule has 1 aliphatic carbocycles. The van der Waals surface area contributed by atoms with E-state index in [2.05, 4.69) is 10.3 Å². The number of esters is 1. The number of aromatic nitrogens is 1. The van der Waals surface area contributed by atoms with E-state index in [1.165, 1.54) is 6.07 Å². The van der Waals surface area contributed by atoms with Gasteiger partial charge in [-0.05, 0) is 43.0 Å². The number of nitrogens with one attached hydrogen (secondary N) is 1. The molecule has 1 N–H and O–H groups in total. The van der Waals surface area contributed by atoms with Gasteiger partial charge in [0.1, 0.15) is 0 Å². The van der Waals surface area contributed by atoms with Gasteiger partial charge in [0, 0.05) is 22.8 Å². The second kappa shape index (κ2) is 7.34. The van der Waals surface area contributed by atoms with Gasteiger partial charge in [0.05, 0.1) is 11.1 Å². The number of rotatable bonds is 4. The number of anilines is 1. The lowest BCUT2D eigenvalue weighted by atomic mass is 10.0. The van der Waals surface area contributed by atoms with Crippen molar-refractivity contribution in [3.8, 4) is 0 Å². The standard InChI is InChI=1S/C21H16F2N2O3/c22-15-9-8-12(10-16(15)23)24-19(26)11-28-21(27)20-13-4-1-2-6-17(13)25-18-7-3-5-14(18)20/h1-2,4,6,8-10H,3,5,7,11H2,(H,24,26). The highest BCUT2D eigenvalue weighted by Crippen LogP contribution is 2.30. The summed E-state index contributed by atoms with van der Waals surface area (Å²) in [6.07, 6.45) is 2.45. The Morgan fingerprint density at radius 1 is 1.07 bits per heavy atom. The predicted molar refractivity (Wildman–Crippen MR) is 99.0 cm³/mol. The highest BCUT2D eigenvalue weighted by molar-refractivity contribution is 6.06. The summed E-state index contributed by atoms with van der Waals surface area (Å²) >= 11 is 0. The molecule has 142 valence electrons. The van der Waals surface area contributed by atoms with Crippen LogP contribution in [0, 0.1) is 11.6 Å². The number of hydrogen-bond acceptors (Lipinski definition) is 4. The van der Waals surface area contributed by atoms with E-state index in [1.54, 1.807) is 6.07 Å². The number of carbonyl (C=O) groups excluding carboxylic acids is 2. The number of benzene rings is 2. The molecule has 28 heavy (non-hydrogen) atoms. The van der Waals surface area contributed by atoms with Gasteiger partial charge < -0.3 is 10.1 Å². The average molecular weight is 382 g/mol. The van der Waals surface area contributed by atoms with Gasteiger partial charge in [0.25, 0.3) is 5.91 Å². The number of fused-ring (bicyclic) bond motifs is 2. The molecule has 2 aromatic carbocycles. The van der Waals surface area contributed by atoms with Crippen molar-refractivity contribution in [2.24, 2.45) is 0 Å². The first-order valence-corrected chi connectivity index (χ1v) is 8.85. The van der Waals surface area contributed by atoms with Crippen LogP contribution in [0.2, 0.25) is 0 Å². The summed E-state index contributed by atoms with van der Waals surface area (Å²) in [5.41, 5.74) is 2.98. The summed E-state index contributed by atoms with van der Waals surface area (Å²) < 4.78 is 31.4. The van der Waals surface area contributed by atoms with Crippen LogP contribution in [0.3, 0.4) is 0 Å². The maximum Gasteiger partial charge on any atom is 0.339 e. The van der Waals surface area contributed by atoms with Crippen LogP contribution in [-0.2, 0) is 22.4 Å². The quantitative estimate of drug-likeness (QED) is 0.697. The molecule has 1 aliphatic rings. The van der Waals surface area contributed by atoms with Gasteiger partial charge in [-0.1, -0.05) is 18.2 Å². The van der Waals surface area contributed by atoms with E-state index >= 15 is 0 Å². The Kier molecular flexibility index (Phi) is 4.73. The Morgan fingerprint density at radius 3 is 2.71 bits per heavy atom. The van der Waals surface area contributed by atoms with Gasteiger partial charge >= 0.3 is 5.97 Å². The van der Waals surface area contributed by atoms with Crippen LogP contribution in [-0.4, -0.2) is 23.5 Å². The van der Waals surface area contributed by atoms with Crippen molar-refractivity contribution < 1.29 is 23.1 Å². The molecule has 0 fully saturated rings. The number of amides is 1. The van der Waals surface area contributed by atoms with Gasteiger partial charge in [0.2, 0.25) is 0 Å². The number of para-hydroxylation sites is 1. The fraction of sp³-hybridized carbons (Fsp3) is 0.190. The summed E-state index contributed by atoms with van der Waals surface area (Å²) in [4.78, 5) is 29.4. The Morgan fingerprint density at radius 2 is 1.89 bits per heavy atom. The minimum absolute atomic E-state index is 0.0789. The lowest BCUT2D eigenvalue weighted by Gasteiger charge is -2.12. The lowest BCUT2D eigenvalue weighted by Crippen LogP contribution is -2.22. The van der Waals surface area contributed by atoms with Crippen LogP contribution in [0.15, 0.2) is 42.5 Å². The molecule has 0 radical (unpaired) electrons. The Balaban J connectivity index is 1.51. The molecule has 0 saturated carbocycles. The zero-order valence-electron chi connectivity index (χ0n) is 14.8. The molecule has 0 aliphatic heterocycles. The fourth-order valence-corrected chi connectivity index (χ4v) is 3.42. The maximum absolute atomic E-state index is 13.2. The Hall–Kier alpha value is -3.35. The molecule has 0 spiro atoms. The normalized spacial score (nSPS) is 12.6.